The molecule has 22 heavy (non-hydrogen) atoms. The van der Waals surface area contributed by atoms with Crippen LogP contribution in [-0.4, -0.2) is 34.0 Å². The number of nitrogens with one attached hydrogen (secondary N) is 3. The Morgan fingerprint density at radius 3 is 2.50 bits per heavy atom. The van der Waals surface area contributed by atoms with Gasteiger partial charge in [-0.05, 0) is 53.5 Å². The standard InChI is InChI=1S/C14H22BrN3O3S/c1-4-5-16-6-7-17-22(20,21)14-9-12(15)13(8-10(14)2)18-11(3)19/h8-9,16-17H,4-7H2,1-3H3,(H,18,19). The largest absolute Gasteiger partial charge is 0.325 e. The van der Waals surface area contributed by atoms with Crippen molar-refractivity contribution in [3.8, 4) is 0 Å². The van der Waals surface area contributed by atoms with Gasteiger partial charge in [-0.2, -0.15) is 0 Å². The highest BCUT2D eigenvalue weighted by Crippen LogP contribution is 2.28. The number of hydrogen-bond donors (Lipinski definition) is 3. The predicted octanol–water partition coefficient (Wildman–Crippen LogP) is 1.99. The summed E-state index contributed by atoms with van der Waals surface area (Å²) in [6.07, 6.45) is 1.00. The summed E-state index contributed by atoms with van der Waals surface area (Å²) in [5.74, 6) is -0.212. The molecule has 0 aliphatic heterocycles. The monoisotopic (exact) mass is 391 g/mol. The average molecular weight is 392 g/mol. The van der Waals surface area contributed by atoms with Crippen LogP contribution in [0.5, 0.6) is 0 Å². The van der Waals surface area contributed by atoms with Crippen molar-refractivity contribution < 1.29 is 13.2 Å². The molecule has 3 N–H and O–H groups in total. The van der Waals surface area contributed by atoms with E-state index in [-0.39, 0.29) is 10.8 Å². The molecule has 1 aromatic carbocycles. The van der Waals surface area contributed by atoms with Crippen molar-refractivity contribution in [3.05, 3.63) is 22.2 Å². The van der Waals surface area contributed by atoms with E-state index in [0.717, 1.165) is 13.0 Å². The molecule has 0 heterocycles. The van der Waals surface area contributed by atoms with Crippen molar-refractivity contribution in [2.24, 2.45) is 0 Å². The van der Waals surface area contributed by atoms with E-state index in [0.29, 0.717) is 28.8 Å². The second-order valence-corrected chi connectivity index (χ2v) is 7.52. The molecular weight excluding hydrogens is 370 g/mol. The van der Waals surface area contributed by atoms with Crippen molar-refractivity contribution >= 4 is 37.5 Å². The number of carbonyl (C=O) groups excluding carboxylic acids is 1. The van der Waals surface area contributed by atoms with Crippen LogP contribution in [0.1, 0.15) is 25.8 Å². The summed E-state index contributed by atoms with van der Waals surface area (Å²) in [6, 6.07) is 3.14. The molecule has 0 aliphatic rings. The molecule has 1 rings (SSSR count). The van der Waals surface area contributed by atoms with Crippen LogP contribution in [0.15, 0.2) is 21.5 Å². The van der Waals surface area contributed by atoms with Crippen molar-refractivity contribution in [1.82, 2.24) is 10.0 Å². The van der Waals surface area contributed by atoms with Gasteiger partial charge in [-0.15, -0.1) is 0 Å². The topological polar surface area (TPSA) is 87.3 Å². The third kappa shape index (κ3) is 5.68. The van der Waals surface area contributed by atoms with Crippen LogP contribution in [0.3, 0.4) is 0 Å². The Balaban J connectivity index is 2.86. The molecule has 0 bridgehead atoms. The molecule has 0 saturated carbocycles. The van der Waals surface area contributed by atoms with E-state index in [1.807, 2.05) is 0 Å². The predicted molar refractivity (Wildman–Crippen MR) is 91.5 cm³/mol. The number of rotatable bonds is 8. The van der Waals surface area contributed by atoms with Crippen LogP contribution >= 0.6 is 15.9 Å². The van der Waals surface area contributed by atoms with Crippen LogP contribution < -0.4 is 15.4 Å². The van der Waals surface area contributed by atoms with Gasteiger partial charge >= 0.3 is 0 Å². The Labute approximate surface area is 140 Å². The number of aryl methyl sites for hydroxylation is 1. The van der Waals surface area contributed by atoms with Crippen LogP contribution in [0.25, 0.3) is 0 Å². The molecular formula is C14H22BrN3O3S. The van der Waals surface area contributed by atoms with Crippen molar-refractivity contribution in [1.29, 1.82) is 0 Å². The highest BCUT2D eigenvalue weighted by molar-refractivity contribution is 9.10. The Hall–Kier alpha value is -0.960. The van der Waals surface area contributed by atoms with Gasteiger partial charge in [-0.25, -0.2) is 13.1 Å². The van der Waals surface area contributed by atoms with Gasteiger partial charge in [0, 0.05) is 24.5 Å². The quantitative estimate of drug-likeness (QED) is 0.591. The van der Waals surface area contributed by atoms with Gasteiger partial charge in [0.2, 0.25) is 15.9 Å². The van der Waals surface area contributed by atoms with Crippen molar-refractivity contribution in [2.75, 3.05) is 25.0 Å². The molecule has 0 radical (unpaired) electrons. The minimum absolute atomic E-state index is 0.198. The van der Waals surface area contributed by atoms with E-state index in [1.54, 1.807) is 13.0 Å². The number of halogens is 1. The smallest absolute Gasteiger partial charge is 0.240 e. The zero-order chi connectivity index (χ0) is 16.8. The fraction of sp³-hybridized carbons (Fsp3) is 0.500. The minimum atomic E-state index is -3.58. The van der Waals surface area contributed by atoms with Gasteiger partial charge in [0.1, 0.15) is 0 Å². The Morgan fingerprint density at radius 1 is 1.23 bits per heavy atom. The van der Waals surface area contributed by atoms with Gasteiger partial charge < -0.3 is 10.6 Å². The van der Waals surface area contributed by atoms with Gasteiger partial charge in [-0.1, -0.05) is 6.92 Å². The molecule has 0 spiro atoms. The normalized spacial score (nSPS) is 11.5. The number of carbonyl (C=O) groups is 1. The van der Waals surface area contributed by atoms with E-state index in [9.17, 15) is 13.2 Å². The molecule has 0 aliphatic carbocycles. The van der Waals surface area contributed by atoms with Gasteiger partial charge in [0.05, 0.1) is 10.6 Å². The second-order valence-electron chi connectivity index (χ2n) is 4.93. The molecule has 0 atom stereocenters. The lowest BCUT2D eigenvalue weighted by Crippen LogP contribution is -2.32. The number of sulfonamides is 1. The molecule has 0 saturated heterocycles. The number of anilines is 1. The SMILES string of the molecule is CCCNCCNS(=O)(=O)c1cc(Br)c(NC(C)=O)cc1C. The molecule has 0 unspecified atom stereocenters. The van der Waals surface area contributed by atoms with Gasteiger partial charge in [0.25, 0.3) is 0 Å². The van der Waals surface area contributed by atoms with E-state index in [4.69, 9.17) is 0 Å². The summed E-state index contributed by atoms with van der Waals surface area (Å²) >= 11 is 3.29. The molecule has 1 aromatic rings. The number of hydrogen-bond acceptors (Lipinski definition) is 4. The Kier molecular flexibility index (Phi) is 7.47. The van der Waals surface area contributed by atoms with Crippen LogP contribution in [-0.2, 0) is 14.8 Å². The van der Waals surface area contributed by atoms with Crippen molar-refractivity contribution in [2.45, 2.75) is 32.1 Å². The zero-order valence-electron chi connectivity index (χ0n) is 13.0. The Bertz CT molecular complexity index is 632. The summed E-state index contributed by atoms with van der Waals surface area (Å²) in [7, 11) is -3.58. The molecule has 8 heteroatoms. The molecule has 1 amide bonds. The third-order valence-electron chi connectivity index (χ3n) is 2.89. The zero-order valence-corrected chi connectivity index (χ0v) is 15.4. The fourth-order valence-electron chi connectivity index (χ4n) is 1.89. The summed E-state index contributed by atoms with van der Waals surface area (Å²) in [6.45, 7) is 6.91. The van der Waals surface area contributed by atoms with Crippen LogP contribution in [0.2, 0.25) is 0 Å². The third-order valence-corrected chi connectivity index (χ3v) is 5.14. The lowest BCUT2D eigenvalue weighted by molar-refractivity contribution is -0.114. The second kappa shape index (κ2) is 8.61. The maximum atomic E-state index is 12.3. The minimum Gasteiger partial charge on any atom is -0.325 e. The van der Waals surface area contributed by atoms with Crippen LogP contribution in [0, 0.1) is 6.92 Å². The lowest BCUT2D eigenvalue weighted by Gasteiger charge is -2.13. The van der Waals surface area contributed by atoms with Gasteiger partial charge in [-0.3, -0.25) is 4.79 Å². The molecule has 0 aromatic heterocycles. The van der Waals surface area contributed by atoms with E-state index in [2.05, 4.69) is 38.2 Å². The summed E-state index contributed by atoms with van der Waals surface area (Å²) < 4.78 is 27.7. The average Bonchev–Trinajstić information content (AvgIpc) is 2.41. The van der Waals surface area contributed by atoms with E-state index >= 15 is 0 Å². The summed E-state index contributed by atoms with van der Waals surface area (Å²) in [5.41, 5.74) is 1.12. The molecule has 0 fully saturated rings. The van der Waals surface area contributed by atoms with E-state index < -0.39 is 10.0 Å². The van der Waals surface area contributed by atoms with Crippen molar-refractivity contribution in [3.63, 3.8) is 0 Å². The Morgan fingerprint density at radius 2 is 1.91 bits per heavy atom. The van der Waals surface area contributed by atoms with Crippen LogP contribution in [0.4, 0.5) is 5.69 Å². The summed E-state index contributed by atoms with van der Waals surface area (Å²) in [5, 5.41) is 5.78. The maximum absolute atomic E-state index is 12.3. The lowest BCUT2D eigenvalue weighted by atomic mass is 10.2. The maximum Gasteiger partial charge on any atom is 0.240 e. The number of benzene rings is 1. The van der Waals surface area contributed by atoms with E-state index in [1.165, 1.54) is 13.0 Å². The molecule has 124 valence electrons. The summed E-state index contributed by atoms with van der Waals surface area (Å²) in [4.78, 5) is 11.3. The first-order valence-electron chi connectivity index (χ1n) is 7.06. The first-order chi connectivity index (χ1) is 10.3. The highest BCUT2D eigenvalue weighted by atomic mass is 79.9. The highest BCUT2D eigenvalue weighted by Gasteiger charge is 2.18. The first-order valence-corrected chi connectivity index (χ1v) is 9.33. The number of amides is 1. The molecule has 6 nitrogen and oxygen atoms in total. The first kappa shape index (κ1) is 19.1. The van der Waals surface area contributed by atoms with Gasteiger partial charge in [0.15, 0.2) is 0 Å². The fourth-order valence-corrected chi connectivity index (χ4v) is 3.77.